The van der Waals surface area contributed by atoms with Crippen LogP contribution in [0.5, 0.6) is 0 Å². The zero-order valence-electron chi connectivity index (χ0n) is 9.81. The van der Waals surface area contributed by atoms with Gasteiger partial charge in [-0.2, -0.15) is 4.98 Å². The van der Waals surface area contributed by atoms with Gasteiger partial charge in [-0.1, -0.05) is 46.3 Å². The molecule has 1 aromatic heterocycles. The number of hydrogen-bond donors (Lipinski definition) is 0. The zero-order chi connectivity index (χ0) is 13.2. The first-order valence-corrected chi connectivity index (χ1v) is 6.87. The summed E-state index contributed by atoms with van der Waals surface area (Å²) in [6.45, 7) is 0. The third-order valence-electron chi connectivity index (χ3n) is 2.69. The fourth-order valence-electron chi connectivity index (χ4n) is 1.71. The monoisotopic (exact) mass is 333 g/mol. The molecule has 2 aliphatic rings. The van der Waals surface area contributed by atoms with E-state index in [-0.39, 0.29) is 5.35 Å². The molecule has 2 nitrogen and oxygen atoms in total. The molecule has 0 N–H and O–H groups in total. The second-order valence-electron chi connectivity index (χ2n) is 4.08. The van der Waals surface area contributed by atoms with E-state index in [2.05, 4.69) is 39.1 Å². The van der Waals surface area contributed by atoms with Gasteiger partial charge in [0.25, 0.3) is 5.35 Å². The Balaban J connectivity index is 0.000000132. The van der Waals surface area contributed by atoms with Crippen LogP contribution in [-0.4, -0.2) is 4.98 Å². The molecule has 0 atom stereocenters. The van der Waals surface area contributed by atoms with Crippen molar-refractivity contribution in [3.05, 3.63) is 64.6 Å². The van der Waals surface area contributed by atoms with Crippen LogP contribution in [0.4, 0.5) is 0 Å². The lowest BCUT2D eigenvalue weighted by molar-refractivity contribution is 0.560. The van der Waals surface area contributed by atoms with Gasteiger partial charge in [-0.15, -0.1) is 0 Å². The lowest BCUT2D eigenvalue weighted by Crippen LogP contribution is -1.74. The minimum atomic E-state index is 0.175. The van der Waals surface area contributed by atoms with Crippen LogP contribution in [0.15, 0.2) is 63.7 Å². The smallest absolute Gasteiger partial charge is 0.292 e. The summed E-state index contributed by atoms with van der Waals surface area (Å²) in [6, 6.07) is 16.1. The first-order chi connectivity index (χ1) is 9.22. The summed E-state index contributed by atoms with van der Waals surface area (Å²) in [7, 11) is 0. The van der Waals surface area contributed by atoms with Crippen molar-refractivity contribution in [2.24, 2.45) is 0 Å². The van der Waals surface area contributed by atoms with Crippen molar-refractivity contribution in [1.82, 2.24) is 4.98 Å². The minimum absolute atomic E-state index is 0.175. The van der Waals surface area contributed by atoms with E-state index in [1.807, 2.05) is 30.3 Å². The van der Waals surface area contributed by atoms with E-state index in [0.29, 0.717) is 0 Å². The summed E-state index contributed by atoms with van der Waals surface area (Å²) in [6.07, 6.45) is 1.54. The molecule has 4 rings (SSSR count). The van der Waals surface area contributed by atoms with Gasteiger partial charge >= 0.3 is 0 Å². The van der Waals surface area contributed by atoms with Crippen molar-refractivity contribution >= 4 is 27.5 Å². The molecule has 0 fully saturated rings. The van der Waals surface area contributed by atoms with Crippen LogP contribution in [0.3, 0.4) is 0 Å². The van der Waals surface area contributed by atoms with Crippen LogP contribution in [0.25, 0.3) is 22.4 Å². The average Bonchev–Trinajstić information content (AvgIpc) is 2.85. The Hall–Kier alpha value is -1.58. The number of oxazole rings is 1. The van der Waals surface area contributed by atoms with Crippen LogP contribution in [0, 0.1) is 0 Å². The summed E-state index contributed by atoms with van der Waals surface area (Å²) in [5, 5.41) is 0.175. The normalized spacial score (nSPS) is 10.6. The SMILES string of the molecule is Brc1cc2cc-2c1.Clc1nc(-c2ccccc2)co1. The van der Waals surface area contributed by atoms with Crippen molar-refractivity contribution in [3.63, 3.8) is 0 Å². The number of hydrogen-bond acceptors (Lipinski definition) is 2. The maximum atomic E-state index is 5.53. The van der Waals surface area contributed by atoms with Crippen LogP contribution >= 0.6 is 27.5 Å². The number of fused-ring (bicyclic) bond motifs is 1. The molecule has 1 aromatic carbocycles. The zero-order valence-corrected chi connectivity index (χ0v) is 12.1. The highest BCUT2D eigenvalue weighted by Crippen LogP contribution is 2.38. The number of nitrogens with zero attached hydrogens (tertiary/aromatic N) is 1. The standard InChI is InChI=1S/C9H6ClNO.C6H3Br/c10-9-11-8(6-12-9)7-4-2-1-3-5-7;7-6-2-4-1-5(4)3-6/h1-6H;1-3H. The molecule has 0 amide bonds. The molecule has 1 heterocycles. The quantitative estimate of drug-likeness (QED) is 0.464. The molecule has 19 heavy (non-hydrogen) atoms. The molecule has 94 valence electrons. The maximum absolute atomic E-state index is 5.53. The van der Waals surface area contributed by atoms with E-state index in [0.717, 1.165) is 11.3 Å². The summed E-state index contributed by atoms with van der Waals surface area (Å²) in [4.78, 5) is 3.98. The Morgan fingerprint density at radius 3 is 2.11 bits per heavy atom. The second kappa shape index (κ2) is 5.19. The fourth-order valence-corrected chi connectivity index (χ4v) is 2.34. The molecular formula is C15H9BrClNO. The van der Waals surface area contributed by atoms with Crippen molar-refractivity contribution in [1.29, 1.82) is 0 Å². The molecule has 0 aliphatic heterocycles. The maximum Gasteiger partial charge on any atom is 0.292 e. The molecular weight excluding hydrogens is 326 g/mol. The number of aromatic nitrogens is 1. The molecule has 0 spiro atoms. The molecule has 2 aliphatic carbocycles. The lowest BCUT2D eigenvalue weighted by atomic mass is 10.2. The van der Waals surface area contributed by atoms with Crippen molar-refractivity contribution in [3.8, 4) is 22.4 Å². The molecule has 0 unspecified atom stereocenters. The van der Waals surface area contributed by atoms with Gasteiger partial charge in [0.1, 0.15) is 12.0 Å². The summed E-state index contributed by atoms with van der Waals surface area (Å²) < 4.78 is 6.08. The summed E-state index contributed by atoms with van der Waals surface area (Å²) >= 11 is 8.89. The summed E-state index contributed by atoms with van der Waals surface area (Å²) in [5.41, 5.74) is 4.56. The van der Waals surface area contributed by atoms with Crippen LogP contribution in [0.2, 0.25) is 5.35 Å². The second-order valence-corrected chi connectivity index (χ2v) is 5.32. The average molecular weight is 335 g/mol. The van der Waals surface area contributed by atoms with Gasteiger partial charge in [0, 0.05) is 10.0 Å². The molecule has 0 bridgehead atoms. The number of benzene rings is 2. The van der Waals surface area contributed by atoms with E-state index in [4.69, 9.17) is 16.0 Å². The molecule has 0 saturated carbocycles. The predicted molar refractivity (Wildman–Crippen MR) is 80.1 cm³/mol. The Labute approximate surface area is 124 Å². The van der Waals surface area contributed by atoms with Crippen LogP contribution in [-0.2, 0) is 0 Å². The van der Waals surface area contributed by atoms with E-state index in [9.17, 15) is 0 Å². The van der Waals surface area contributed by atoms with Gasteiger partial charge < -0.3 is 4.42 Å². The van der Waals surface area contributed by atoms with Gasteiger partial charge in [-0.05, 0) is 40.9 Å². The predicted octanol–water partition coefficient (Wildman–Crippen LogP) is 5.42. The fraction of sp³-hybridized carbons (Fsp3) is 0. The van der Waals surface area contributed by atoms with Gasteiger partial charge in [0.15, 0.2) is 0 Å². The third-order valence-corrected chi connectivity index (χ3v) is 3.32. The first kappa shape index (κ1) is 12.5. The molecule has 2 aromatic rings. The Morgan fingerprint density at radius 2 is 1.63 bits per heavy atom. The van der Waals surface area contributed by atoms with Crippen molar-refractivity contribution in [2.45, 2.75) is 0 Å². The van der Waals surface area contributed by atoms with Gasteiger partial charge in [0.05, 0.1) is 0 Å². The van der Waals surface area contributed by atoms with Crippen LogP contribution < -0.4 is 0 Å². The van der Waals surface area contributed by atoms with Gasteiger partial charge in [-0.25, -0.2) is 0 Å². The number of halogens is 2. The molecule has 0 saturated heterocycles. The highest BCUT2D eigenvalue weighted by molar-refractivity contribution is 9.10. The largest absolute Gasteiger partial charge is 0.436 e. The molecule has 0 radical (unpaired) electrons. The van der Waals surface area contributed by atoms with Crippen molar-refractivity contribution in [2.75, 3.05) is 0 Å². The first-order valence-electron chi connectivity index (χ1n) is 5.70. The van der Waals surface area contributed by atoms with Gasteiger partial charge in [0.2, 0.25) is 0 Å². The van der Waals surface area contributed by atoms with E-state index in [1.165, 1.54) is 21.9 Å². The van der Waals surface area contributed by atoms with E-state index in [1.54, 1.807) is 0 Å². The lowest BCUT2D eigenvalue weighted by Gasteiger charge is -1.91. The minimum Gasteiger partial charge on any atom is -0.436 e. The Kier molecular flexibility index (Phi) is 3.40. The van der Waals surface area contributed by atoms with Crippen molar-refractivity contribution < 1.29 is 4.42 Å². The Bertz CT molecular complexity index is 689. The third kappa shape index (κ3) is 3.06. The van der Waals surface area contributed by atoms with E-state index < -0.39 is 0 Å². The highest BCUT2D eigenvalue weighted by Gasteiger charge is 2.11. The topological polar surface area (TPSA) is 26.0 Å². The number of rotatable bonds is 1. The van der Waals surface area contributed by atoms with E-state index >= 15 is 0 Å². The Morgan fingerprint density at radius 1 is 0.947 bits per heavy atom. The highest BCUT2D eigenvalue weighted by atomic mass is 79.9. The van der Waals surface area contributed by atoms with Gasteiger partial charge in [-0.3, -0.25) is 0 Å². The summed E-state index contributed by atoms with van der Waals surface area (Å²) in [5.74, 6) is 0. The molecule has 4 heteroatoms. The van der Waals surface area contributed by atoms with Crippen LogP contribution in [0.1, 0.15) is 0 Å².